The predicted molar refractivity (Wildman–Crippen MR) is 97.5 cm³/mol. The summed E-state index contributed by atoms with van der Waals surface area (Å²) in [6.45, 7) is 3.98. The molecule has 1 aliphatic heterocycles. The van der Waals surface area contributed by atoms with Crippen molar-refractivity contribution in [2.24, 2.45) is 0 Å². The van der Waals surface area contributed by atoms with E-state index in [1.54, 1.807) is 0 Å². The van der Waals surface area contributed by atoms with Crippen LogP contribution in [0.2, 0.25) is 0 Å². The number of amides is 2. The quantitative estimate of drug-likeness (QED) is 0.689. The summed E-state index contributed by atoms with van der Waals surface area (Å²) in [5.74, 6) is 0.370. The van der Waals surface area contributed by atoms with Gasteiger partial charge in [0.2, 0.25) is 0 Å². The largest absolute Gasteiger partial charge is 0.493 e. The number of para-hydroxylation sites is 1. The smallest absolute Gasteiger partial charge is 0.317 e. The van der Waals surface area contributed by atoms with E-state index in [0.29, 0.717) is 19.7 Å². The summed E-state index contributed by atoms with van der Waals surface area (Å²) in [5, 5.41) is 14.9. The molecule has 0 radical (unpaired) electrons. The SMILES string of the molecule is CCN(CC(=O)O)C1CC(NC(=O)NCC2CCOc3ccccc32)C1. The molecule has 7 nitrogen and oxygen atoms in total. The number of benzene rings is 1. The fourth-order valence-electron chi connectivity index (χ4n) is 3.76. The standard InChI is InChI=1S/C19H27N3O4/c1-2-22(12-18(23)24)15-9-14(10-15)21-19(25)20-11-13-7-8-26-17-6-4-3-5-16(13)17/h3-6,13-15H,2,7-12H2,1H3,(H,23,24)(H2,20,21,25). The lowest BCUT2D eigenvalue weighted by atomic mass is 9.85. The van der Waals surface area contributed by atoms with Crippen molar-refractivity contribution in [2.45, 2.75) is 44.2 Å². The van der Waals surface area contributed by atoms with Crippen LogP contribution >= 0.6 is 0 Å². The van der Waals surface area contributed by atoms with Crippen LogP contribution in [0.5, 0.6) is 5.75 Å². The molecule has 7 heteroatoms. The number of hydrogen-bond acceptors (Lipinski definition) is 4. The predicted octanol–water partition coefficient (Wildman–Crippen LogP) is 1.79. The van der Waals surface area contributed by atoms with E-state index in [9.17, 15) is 9.59 Å². The Kier molecular flexibility index (Phi) is 5.98. The Labute approximate surface area is 153 Å². The highest BCUT2D eigenvalue weighted by molar-refractivity contribution is 5.74. The number of carboxylic acid groups (broad SMARTS) is 1. The summed E-state index contributed by atoms with van der Waals surface area (Å²) in [6, 6.07) is 8.17. The number of likely N-dealkylation sites (N-methyl/N-ethyl adjacent to an activating group) is 1. The molecule has 0 saturated heterocycles. The number of aliphatic carboxylic acids is 1. The first-order valence-corrected chi connectivity index (χ1v) is 9.28. The Balaban J connectivity index is 1.40. The molecule has 1 unspecified atom stereocenters. The molecule has 3 rings (SSSR count). The molecule has 0 spiro atoms. The van der Waals surface area contributed by atoms with Gasteiger partial charge in [0.25, 0.3) is 0 Å². The van der Waals surface area contributed by atoms with Crippen LogP contribution in [-0.2, 0) is 4.79 Å². The average molecular weight is 361 g/mol. The van der Waals surface area contributed by atoms with E-state index in [0.717, 1.165) is 30.6 Å². The third-order valence-electron chi connectivity index (χ3n) is 5.30. The summed E-state index contributed by atoms with van der Waals surface area (Å²) >= 11 is 0. The Bertz CT molecular complexity index is 645. The van der Waals surface area contributed by atoms with E-state index in [1.807, 2.05) is 30.0 Å². The van der Waals surface area contributed by atoms with Crippen LogP contribution in [0, 0.1) is 0 Å². The third-order valence-corrected chi connectivity index (χ3v) is 5.30. The fraction of sp³-hybridized carbons (Fsp3) is 0.579. The number of carbonyl (C=O) groups is 2. The zero-order valence-corrected chi connectivity index (χ0v) is 15.1. The van der Waals surface area contributed by atoms with Crippen molar-refractivity contribution >= 4 is 12.0 Å². The molecule has 1 saturated carbocycles. The van der Waals surface area contributed by atoms with Crippen molar-refractivity contribution in [3.05, 3.63) is 29.8 Å². The number of ether oxygens (including phenoxy) is 1. The lowest BCUT2D eigenvalue weighted by Crippen LogP contribution is -2.56. The van der Waals surface area contributed by atoms with E-state index in [1.165, 1.54) is 0 Å². The molecule has 0 aromatic heterocycles. The Hall–Kier alpha value is -2.28. The van der Waals surface area contributed by atoms with Crippen molar-refractivity contribution in [3.8, 4) is 5.75 Å². The molecule has 1 aromatic carbocycles. The van der Waals surface area contributed by atoms with Gasteiger partial charge in [-0.2, -0.15) is 0 Å². The Morgan fingerprint density at radius 1 is 1.31 bits per heavy atom. The molecule has 0 bridgehead atoms. The molecule has 1 aromatic rings. The highest BCUT2D eigenvalue weighted by Gasteiger charge is 2.34. The number of carboxylic acids is 1. The second-order valence-electron chi connectivity index (χ2n) is 7.01. The number of urea groups is 1. The first kappa shape index (κ1) is 18.5. The van der Waals surface area contributed by atoms with E-state index in [-0.39, 0.29) is 30.6 Å². The summed E-state index contributed by atoms with van der Waals surface area (Å²) in [5.41, 5.74) is 1.15. The van der Waals surface area contributed by atoms with Crippen molar-refractivity contribution in [2.75, 3.05) is 26.2 Å². The number of nitrogens with one attached hydrogen (secondary N) is 2. The third kappa shape index (κ3) is 4.46. The van der Waals surface area contributed by atoms with Crippen LogP contribution in [0.15, 0.2) is 24.3 Å². The number of fused-ring (bicyclic) bond motifs is 1. The number of rotatable bonds is 7. The monoisotopic (exact) mass is 361 g/mol. The molecular formula is C19H27N3O4. The minimum atomic E-state index is -0.808. The van der Waals surface area contributed by atoms with Crippen LogP contribution in [0.3, 0.4) is 0 Å². The van der Waals surface area contributed by atoms with Gasteiger partial charge in [-0.3, -0.25) is 9.69 Å². The van der Waals surface area contributed by atoms with E-state index >= 15 is 0 Å². The maximum absolute atomic E-state index is 12.2. The summed E-state index contributed by atoms with van der Waals surface area (Å²) in [4.78, 5) is 25.0. The molecule has 2 aliphatic rings. The van der Waals surface area contributed by atoms with Crippen molar-refractivity contribution in [3.63, 3.8) is 0 Å². The molecule has 1 heterocycles. The maximum Gasteiger partial charge on any atom is 0.317 e. The highest BCUT2D eigenvalue weighted by Crippen LogP contribution is 2.32. The minimum Gasteiger partial charge on any atom is -0.493 e. The molecule has 1 atom stereocenters. The van der Waals surface area contributed by atoms with Crippen molar-refractivity contribution < 1.29 is 19.4 Å². The number of nitrogens with zero attached hydrogens (tertiary/aromatic N) is 1. The van der Waals surface area contributed by atoms with Gasteiger partial charge in [-0.25, -0.2) is 4.79 Å². The molecule has 1 aliphatic carbocycles. The lowest BCUT2D eigenvalue weighted by molar-refractivity contribution is -0.139. The van der Waals surface area contributed by atoms with Gasteiger partial charge in [-0.05, 0) is 37.4 Å². The first-order chi connectivity index (χ1) is 12.6. The van der Waals surface area contributed by atoms with Gasteiger partial charge in [-0.1, -0.05) is 25.1 Å². The second-order valence-corrected chi connectivity index (χ2v) is 7.01. The normalized spacial score (nSPS) is 24.2. The summed E-state index contributed by atoms with van der Waals surface area (Å²) in [7, 11) is 0. The molecule has 1 fully saturated rings. The first-order valence-electron chi connectivity index (χ1n) is 9.28. The lowest BCUT2D eigenvalue weighted by Gasteiger charge is -2.42. The van der Waals surface area contributed by atoms with E-state index in [2.05, 4.69) is 16.7 Å². The van der Waals surface area contributed by atoms with Gasteiger partial charge in [0.1, 0.15) is 5.75 Å². The molecule has 3 N–H and O–H groups in total. The van der Waals surface area contributed by atoms with Gasteiger partial charge in [0.05, 0.1) is 13.2 Å². The van der Waals surface area contributed by atoms with E-state index in [4.69, 9.17) is 9.84 Å². The number of hydrogen-bond donors (Lipinski definition) is 3. The highest BCUT2D eigenvalue weighted by atomic mass is 16.5. The second kappa shape index (κ2) is 8.40. The Morgan fingerprint density at radius 3 is 2.81 bits per heavy atom. The van der Waals surface area contributed by atoms with Crippen LogP contribution in [0.1, 0.15) is 37.7 Å². The van der Waals surface area contributed by atoms with Crippen LogP contribution in [0.4, 0.5) is 4.79 Å². The van der Waals surface area contributed by atoms with Gasteiger partial charge >= 0.3 is 12.0 Å². The summed E-state index contributed by atoms with van der Waals surface area (Å²) < 4.78 is 5.65. The van der Waals surface area contributed by atoms with Crippen LogP contribution < -0.4 is 15.4 Å². The molecule has 2 amide bonds. The maximum atomic E-state index is 12.2. The van der Waals surface area contributed by atoms with Crippen LogP contribution in [0.25, 0.3) is 0 Å². The minimum absolute atomic E-state index is 0.0588. The Morgan fingerprint density at radius 2 is 2.08 bits per heavy atom. The fourth-order valence-corrected chi connectivity index (χ4v) is 3.76. The van der Waals surface area contributed by atoms with Gasteiger partial charge in [-0.15, -0.1) is 0 Å². The van der Waals surface area contributed by atoms with Gasteiger partial charge in [0.15, 0.2) is 0 Å². The molecule has 142 valence electrons. The average Bonchev–Trinajstić information content (AvgIpc) is 2.60. The molecular weight excluding hydrogens is 334 g/mol. The topological polar surface area (TPSA) is 90.9 Å². The van der Waals surface area contributed by atoms with Crippen molar-refractivity contribution in [1.82, 2.24) is 15.5 Å². The van der Waals surface area contributed by atoms with Gasteiger partial charge in [0, 0.05) is 24.5 Å². The molecule has 26 heavy (non-hydrogen) atoms. The zero-order chi connectivity index (χ0) is 18.5. The van der Waals surface area contributed by atoms with Gasteiger partial charge < -0.3 is 20.5 Å². The number of carbonyl (C=O) groups excluding carboxylic acids is 1. The van der Waals surface area contributed by atoms with Crippen LogP contribution in [-0.4, -0.2) is 60.3 Å². The summed E-state index contributed by atoms with van der Waals surface area (Å²) in [6.07, 6.45) is 2.49. The van der Waals surface area contributed by atoms with E-state index < -0.39 is 5.97 Å². The van der Waals surface area contributed by atoms with Crippen molar-refractivity contribution in [1.29, 1.82) is 0 Å². The zero-order valence-electron chi connectivity index (χ0n) is 15.1.